The van der Waals surface area contributed by atoms with Gasteiger partial charge in [-0.1, -0.05) is 29.3 Å². The summed E-state index contributed by atoms with van der Waals surface area (Å²) in [6, 6.07) is 6.73. The number of hydrogen-bond donors (Lipinski definition) is 1. The summed E-state index contributed by atoms with van der Waals surface area (Å²) < 4.78 is 0. The molecule has 0 radical (unpaired) electrons. The first-order valence-corrected chi connectivity index (χ1v) is 10.2. The molecule has 134 valence electrons. The van der Waals surface area contributed by atoms with Crippen LogP contribution in [0.15, 0.2) is 23.4 Å². The number of rotatable bonds is 2. The molecule has 0 amide bonds. The molecule has 5 rings (SSSR count). The van der Waals surface area contributed by atoms with Crippen LogP contribution in [0.4, 0.5) is 0 Å². The molecular formula is C22H30N2O. The number of fused-ring (bicyclic) bond motifs is 4. The highest BCUT2D eigenvalue weighted by molar-refractivity contribution is 6.06. The maximum atomic E-state index is 9.50. The van der Waals surface area contributed by atoms with Crippen molar-refractivity contribution < 1.29 is 5.21 Å². The van der Waals surface area contributed by atoms with E-state index < -0.39 is 0 Å². The summed E-state index contributed by atoms with van der Waals surface area (Å²) in [5.41, 5.74) is 5.01. The fraction of sp³-hybridized carbons (Fsp3) is 0.682. The van der Waals surface area contributed by atoms with Gasteiger partial charge in [0.2, 0.25) is 0 Å². The molecule has 25 heavy (non-hydrogen) atoms. The van der Waals surface area contributed by atoms with Gasteiger partial charge in [-0.2, -0.15) is 0 Å². The molecule has 1 spiro atoms. The molecule has 3 nitrogen and oxygen atoms in total. The molecule has 1 aromatic carbocycles. The van der Waals surface area contributed by atoms with Crippen LogP contribution in [0, 0.1) is 24.7 Å². The van der Waals surface area contributed by atoms with E-state index in [4.69, 9.17) is 0 Å². The largest absolute Gasteiger partial charge is 0.411 e. The molecule has 1 unspecified atom stereocenters. The third-order valence-corrected chi connectivity index (χ3v) is 7.87. The van der Waals surface area contributed by atoms with E-state index in [1.54, 1.807) is 0 Å². The van der Waals surface area contributed by atoms with Crippen LogP contribution in [0.1, 0.15) is 61.6 Å². The number of nitrogens with zero attached hydrogens (tertiary/aromatic N) is 2. The van der Waals surface area contributed by atoms with E-state index in [-0.39, 0.29) is 5.41 Å². The summed E-state index contributed by atoms with van der Waals surface area (Å²) in [6.45, 7) is 5.87. The molecule has 3 atom stereocenters. The van der Waals surface area contributed by atoms with Crippen LogP contribution < -0.4 is 0 Å². The molecule has 3 aliphatic carbocycles. The highest BCUT2D eigenvalue weighted by atomic mass is 16.4. The first-order chi connectivity index (χ1) is 12.2. The van der Waals surface area contributed by atoms with Crippen LogP contribution in [0.2, 0.25) is 0 Å². The van der Waals surface area contributed by atoms with Gasteiger partial charge >= 0.3 is 0 Å². The van der Waals surface area contributed by atoms with Gasteiger partial charge in [0.1, 0.15) is 0 Å². The molecule has 2 bridgehead atoms. The number of piperidine rings is 1. The van der Waals surface area contributed by atoms with Gasteiger partial charge in [0.05, 0.1) is 5.71 Å². The summed E-state index contributed by atoms with van der Waals surface area (Å²) in [5.74, 6) is 3.06. The monoisotopic (exact) mass is 338 g/mol. The highest BCUT2D eigenvalue weighted by Gasteiger charge is 2.45. The molecule has 1 saturated heterocycles. The zero-order chi connectivity index (χ0) is 17.0. The lowest BCUT2D eigenvalue weighted by atomic mass is 9.73. The molecule has 1 aromatic rings. The van der Waals surface area contributed by atoms with Crippen LogP contribution in [-0.2, 0) is 5.41 Å². The first-order valence-electron chi connectivity index (χ1n) is 10.2. The summed E-state index contributed by atoms with van der Waals surface area (Å²) in [4.78, 5) is 2.73. The van der Waals surface area contributed by atoms with Crippen LogP contribution in [0.5, 0.6) is 0 Å². The average molecular weight is 338 g/mol. The number of benzene rings is 1. The van der Waals surface area contributed by atoms with Gasteiger partial charge in [0.25, 0.3) is 0 Å². The van der Waals surface area contributed by atoms with Crippen LogP contribution in [-0.4, -0.2) is 35.5 Å². The minimum absolute atomic E-state index is 0.218. The summed E-state index contributed by atoms with van der Waals surface area (Å²) in [5, 5.41) is 13.1. The van der Waals surface area contributed by atoms with Crippen molar-refractivity contribution in [2.24, 2.45) is 22.9 Å². The molecule has 1 aliphatic heterocycles. The Morgan fingerprint density at radius 1 is 1.20 bits per heavy atom. The number of hydrogen-bond acceptors (Lipinski definition) is 3. The predicted octanol–water partition coefficient (Wildman–Crippen LogP) is 4.35. The van der Waals surface area contributed by atoms with Gasteiger partial charge in [-0.15, -0.1) is 0 Å². The van der Waals surface area contributed by atoms with Crippen molar-refractivity contribution in [2.45, 2.75) is 57.3 Å². The lowest BCUT2D eigenvalue weighted by molar-refractivity contribution is 0.126. The zero-order valence-corrected chi connectivity index (χ0v) is 15.4. The maximum absolute atomic E-state index is 9.50. The Labute approximate surface area is 151 Å². The third-order valence-electron chi connectivity index (χ3n) is 7.87. The third kappa shape index (κ3) is 2.54. The van der Waals surface area contributed by atoms with Crippen molar-refractivity contribution in [2.75, 3.05) is 19.6 Å². The Morgan fingerprint density at radius 2 is 2.04 bits per heavy atom. The van der Waals surface area contributed by atoms with Crippen molar-refractivity contribution in [3.05, 3.63) is 34.9 Å². The van der Waals surface area contributed by atoms with E-state index >= 15 is 0 Å². The molecule has 3 heteroatoms. The zero-order valence-electron chi connectivity index (χ0n) is 15.4. The molecule has 4 aliphatic rings. The Bertz CT molecular complexity index is 702. The lowest BCUT2D eigenvalue weighted by Gasteiger charge is -2.41. The maximum Gasteiger partial charge on any atom is 0.0879 e. The van der Waals surface area contributed by atoms with Crippen LogP contribution >= 0.6 is 0 Å². The van der Waals surface area contributed by atoms with Gasteiger partial charge in [0, 0.05) is 23.9 Å². The molecule has 0 aromatic heterocycles. The lowest BCUT2D eigenvalue weighted by Crippen LogP contribution is -2.44. The second-order valence-electron chi connectivity index (χ2n) is 9.29. The Kier molecular flexibility index (Phi) is 3.70. The van der Waals surface area contributed by atoms with Crippen LogP contribution in [0.3, 0.4) is 0 Å². The Hall–Kier alpha value is -1.35. The molecule has 1 heterocycles. The van der Waals surface area contributed by atoms with E-state index in [1.807, 2.05) is 0 Å². The van der Waals surface area contributed by atoms with Gasteiger partial charge in [-0.05, 0) is 81.5 Å². The second-order valence-corrected chi connectivity index (χ2v) is 9.29. The van der Waals surface area contributed by atoms with Gasteiger partial charge in [-0.3, -0.25) is 0 Å². The van der Waals surface area contributed by atoms with Crippen LogP contribution in [0.25, 0.3) is 0 Å². The van der Waals surface area contributed by atoms with Gasteiger partial charge < -0.3 is 10.1 Å². The van der Waals surface area contributed by atoms with E-state index in [9.17, 15) is 5.21 Å². The minimum atomic E-state index is 0.218. The van der Waals surface area contributed by atoms with E-state index in [2.05, 4.69) is 35.2 Å². The Balaban J connectivity index is 1.30. The predicted molar refractivity (Wildman–Crippen MR) is 100 cm³/mol. The quantitative estimate of drug-likeness (QED) is 0.643. The van der Waals surface area contributed by atoms with E-state index in [0.29, 0.717) is 0 Å². The van der Waals surface area contributed by atoms with Crippen molar-refractivity contribution in [1.29, 1.82) is 0 Å². The topological polar surface area (TPSA) is 35.8 Å². The molecule has 2 saturated carbocycles. The summed E-state index contributed by atoms with van der Waals surface area (Å²) in [7, 11) is 0. The molecule has 1 N–H and O–H groups in total. The first kappa shape index (κ1) is 15.9. The normalized spacial score (nSPS) is 34.9. The van der Waals surface area contributed by atoms with Gasteiger partial charge in [-0.25, -0.2) is 0 Å². The van der Waals surface area contributed by atoms with Crippen molar-refractivity contribution >= 4 is 5.71 Å². The minimum Gasteiger partial charge on any atom is -0.411 e. The number of likely N-dealkylation sites (tertiary alicyclic amines) is 1. The van der Waals surface area contributed by atoms with Crippen molar-refractivity contribution in [3.63, 3.8) is 0 Å². The SMILES string of the molecule is Cc1ccc2c(c1)/C(=N/O)CC21CCN(CC2C[C@H]3CC[C@H]2C3)CC1. The summed E-state index contributed by atoms with van der Waals surface area (Å²) in [6.07, 6.45) is 9.36. The second kappa shape index (κ2) is 5.84. The fourth-order valence-electron chi connectivity index (χ4n) is 6.50. The van der Waals surface area contributed by atoms with Crippen molar-refractivity contribution in [3.8, 4) is 0 Å². The van der Waals surface area contributed by atoms with E-state index in [0.717, 1.165) is 29.9 Å². The highest BCUT2D eigenvalue weighted by Crippen LogP contribution is 2.50. The Morgan fingerprint density at radius 3 is 2.72 bits per heavy atom. The fourth-order valence-corrected chi connectivity index (χ4v) is 6.50. The number of aryl methyl sites for hydroxylation is 1. The standard InChI is InChI=1S/C22H30N2O/c1-15-2-5-20-19(10-15)21(23-25)13-22(20)6-8-24(9-7-22)14-18-12-16-3-4-17(18)11-16/h2,5,10,16-18,25H,3-4,6-9,11-14H2,1H3/b23-21+/t16-,17-,18?/m0/s1. The summed E-state index contributed by atoms with van der Waals surface area (Å²) >= 11 is 0. The van der Waals surface area contributed by atoms with E-state index in [1.165, 1.54) is 74.8 Å². The van der Waals surface area contributed by atoms with Crippen molar-refractivity contribution in [1.82, 2.24) is 4.90 Å². The smallest absolute Gasteiger partial charge is 0.0879 e. The average Bonchev–Trinajstić information content (AvgIpc) is 3.31. The molecular weight excluding hydrogens is 308 g/mol. The number of oxime groups is 1. The molecule has 3 fully saturated rings. The van der Waals surface area contributed by atoms with Gasteiger partial charge in [0.15, 0.2) is 0 Å².